The monoisotopic (exact) mass is 458 g/mol. The molecule has 0 radical (unpaired) electrons. The molecular formula is C32H30N2O. The van der Waals surface area contributed by atoms with Gasteiger partial charge in [-0.15, -0.1) is 0 Å². The lowest BCUT2D eigenvalue weighted by atomic mass is 9.89. The number of fused-ring (bicyclic) bond motifs is 3. The smallest absolute Gasteiger partial charge is 0.119 e. The SMILES string of the molecule is COc1ccc(N2CCc3c(c4ccccc4n3Cc3ccccc3)C2c2ccc(C)cc2)cc1. The van der Waals surface area contributed by atoms with Crippen molar-refractivity contribution in [2.75, 3.05) is 18.6 Å². The standard InChI is InChI=1S/C32H30N2O/c1-23-12-14-25(15-13-23)32-31-28-10-6-7-11-29(28)34(22-24-8-4-3-5-9-24)30(31)20-21-33(32)26-16-18-27(35-2)19-17-26/h3-19,32H,20-22H2,1-2H3. The summed E-state index contributed by atoms with van der Waals surface area (Å²) in [4.78, 5) is 2.56. The molecule has 35 heavy (non-hydrogen) atoms. The van der Waals surface area contributed by atoms with Crippen LogP contribution in [-0.4, -0.2) is 18.2 Å². The van der Waals surface area contributed by atoms with E-state index in [-0.39, 0.29) is 6.04 Å². The highest BCUT2D eigenvalue weighted by molar-refractivity contribution is 5.88. The summed E-state index contributed by atoms with van der Waals surface area (Å²) in [6.07, 6.45) is 1.01. The van der Waals surface area contributed by atoms with E-state index in [2.05, 4.69) is 120 Å². The van der Waals surface area contributed by atoms with Crippen LogP contribution in [0.5, 0.6) is 5.75 Å². The Bertz CT molecular complexity index is 1450. The van der Waals surface area contributed by atoms with Crippen molar-refractivity contribution in [3.63, 3.8) is 0 Å². The predicted octanol–water partition coefficient (Wildman–Crippen LogP) is 7.16. The Labute approximate surface area is 207 Å². The van der Waals surface area contributed by atoms with Crippen LogP contribution >= 0.6 is 0 Å². The van der Waals surface area contributed by atoms with Gasteiger partial charge < -0.3 is 14.2 Å². The number of aryl methyl sites for hydroxylation is 1. The Hall–Kier alpha value is -3.98. The molecule has 3 heteroatoms. The molecule has 0 N–H and O–H groups in total. The summed E-state index contributed by atoms with van der Waals surface area (Å²) in [5, 5.41) is 1.35. The molecule has 0 fully saturated rings. The molecular weight excluding hydrogens is 428 g/mol. The van der Waals surface area contributed by atoms with E-state index in [1.54, 1.807) is 7.11 Å². The minimum Gasteiger partial charge on any atom is -0.497 e. The van der Waals surface area contributed by atoms with Gasteiger partial charge in [-0.25, -0.2) is 0 Å². The van der Waals surface area contributed by atoms with E-state index in [0.29, 0.717) is 0 Å². The van der Waals surface area contributed by atoms with Gasteiger partial charge in [0, 0.05) is 47.4 Å². The van der Waals surface area contributed by atoms with E-state index in [1.165, 1.54) is 44.5 Å². The quantitative estimate of drug-likeness (QED) is 0.278. The lowest BCUT2D eigenvalue weighted by Crippen LogP contribution is -2.36. The Kier molecular flexibility index (Phi) is 5.54. The van der Waals surface area contributed by atoms with Crippen molar-refractivity contribution in [2.24, 2.45) is 0 Å². The molecule has 6 rings (SSSR count). The van der Waals surface area contributed by atoms with Gasteiger partial charge in [0.25, 0.3) is 0 Å². The maximum atomic E-state index is 5.43. The maximum absolute atomic E-state index is 5.43. The molecule has 1 aliphatic rings. The second-order valence-electron chi connectivity index (χ2n) is 9.40. The van der Waals surface area contributed by atoms with Gasteiger partial charge in [0.2, 0.25) is 0 Å². The fraction of sp³-hybridized carbons (Fsp3) is 0.188. The first-order chi connectivity index (χ1) is 17.2. The molecule has 0 spiro atoms. The molecule has 0 amide bonds. The average Bonchev–Trinajstić information content (AvgIpc) is 3.23. The van der Waals surface area contributed by atoms with Crippen molar-refractivity contribution in [2.45, 2.75) is 25.9 Å². The summed E-state index contributed by atoms with van der Waals surface area (Å²) in [5.41, 5.74) is 9.37. The second-order valence-corrected chi connectivity index (χ2v) is 9.40. The first-order valence-electron chi connectivity index (χ1n) is 12.3. The lowest BCUT2D eigenvalue weighted by Gasteiger charge is -2.39. The third-order valence-electron chi connectivity index (χ3n) is 7.28. The van der Waals surface area contributed by atoms with Gasteiger partial charge >= 0.3 is 0 Å². The summed E-state index contributed by atoms with van der Waals surface area (Å²) in [6.45, 7) is 4.01. The summed E-state index contributed by atoms with van der Waals surface area (Å²) in [7, 11) is 1.72. The van der Waals surface area contributed by atoms with Gasteiger partial charge in [0.05, 0.1) is 13.2 Å². The highest BCUT2D eigenvalue weighted by Gasteiger charge is 2.34. The Morgan fingerprint density at radius 1 is 0.800 bits per heavy atom. The van der Waals surface area contributed by atoms with Gasteiger partial charge in [-0.2, -0.15) is 0 Å². The van der Waals surface area contributed by atoms with Crippen molar-refractivity contribution in [3.8, 4) is 5.75 Å². The number of ether oxygens (including phenoxy) is 1. The number of para-hydroxylation sites is 1. The number of hydrogen-bond acceptors (Lipinski definition) is 2. The molecule has 0 saturated heterocycles. The largest absolute Gasteiger partial charge is 0.497 e. The van der Waals surface area contributed by atoms with Crippen molar-refractivity contribution in [1.29, 1.82) is 0 Å². The molecule has 0 bridgehead atoms. The molecule has 1 aliphatic heterocycles. The first kappa shape index (κ1) is 21.5. The van der Waals surface area contributed by atoms with E-state index in [1.807, 2.05) is 0 Å². The highest BCUT2D eigenvalue weighted by atomic mass is 16.5. The Morgan fingerprint density at radius 3 is 2.26 bits per heavy atom. The van der Waals surface area contributed by atoms with Gasteiger partial charge in [-0.3, -0.25) is 0 Å². The van der Waals surface area contributed by atoms with Crippen LogP contribution in [0.3, 0.4) is 0 Å². The zero-order chi connectivity index (χ0) is 23.8. The molecule has 1 aromatic heterocycles. The molecule has 3 nitrogen and oxygen atoms in total. The normalized spacial score (nSPS) is 15.3. The minimum atomic E-state index is 0.148. The fourth-order valence-corrected chi connectivity index (χ4v) is 5.56. The molecule has 2 heterocycles. The molecule has 5 aromatic rings. The fourth-order valence-electron chi connectivity index (χ4n) is 5.56. The zero-order valence-electron chi connectivity index (χ0n) is 20.3. The molecule has 174 valence electrons. The van der Waals surface area contributed by atoms with Gasteiger partial charge in [-0.1, -0.05) is 78.4 Å². The number of aromatic nitrogens is 1. The van der Waals surface area contributed by atoms with Crippen molar-refractivity contribution in [1.82, 2.24) is 4.57 Å². The number of anilines is 1. The molecule has 0 saturated carbocycles. The van der Waals surface area contributed by atoms with Crippen molar-refractivity contribution < 1.29 is 4.74 Å². The number of benzene rings is 4. The summed E-state index contributed by atoms with van der Waals surface area (Å²) in [6, 6.07) is 37.5. The minimum absolute atomic E-state index is 0.148. The van der Waals surface area contributed by atoms with Crippen molar-refractivity contribution >= 4 is 16.6 Å². The topological polar surface area (TPSA) is 17.4 Å². The summed E-state index contributed by atoms with van der Waals surface area (Å²) < 4.78 is 7.98. The number of methoxy groups -OCH3 is 1. The molecule has 1 unspecified atom stereocenters. The van der Waals surface area contributed by atoms with Crippen LogP contribution in [0.15, 0.2) is 103 Å². The summed E-state index contributed by atoms with van der Waals surface area (Å²) in [5.74, 6) is 0.887. The zero-order valence-corrected chi connectivity index (χ0v) is 20.3. The number of nitrogens with zero attached hydrogens (tertiary/aromatic N) is 2. The third kappa shape index (κ3) is 3.87. The van der Waals surface area contributed by atoms with Crippen LogP contribution in [-0.2, 0) is 13.0 Å². The van der Waals surface area contributed by atoms with Crippen LogP contribution in [0.4, 0.5) is 5.69 Å². The maximum Gasteiger partial charge on any atom is 0.119 e. The van der Waals surface area contributed by atoms with Crippen LogP contribution < -0.4 is 9.64 Å². The molecule has 1 atom stereocenters. The lowest BCUT2D eigenvalue weighted by molar-refractivity contribution is 0.414. The third-order valence-corrected chi connectivity index (χ3v) is 7.28. The Morgan fingerprint density at radius 2 is 1.51 bits per heavy atom. The van der Waals surface area contributed by atoms with Crippen LogP contribution in [0, 0.1) is 6.92 Å². The van der Waals surface area contributed by atoms with Gasteiger partial charge in [0.15, 0.2) is 0 Å². The van der Waals surface area contributed by atoms with Crippen LogP contribution in [0.1, 0.15) is 34.0 Å². The number of hydrogen-bond donors (Lipinski definition) is 0. The van der Waals surface area contributed by atoms with E-state index >= 15 is 0 Å². The average molecular weight is 459 g/mol. The van der Waals surface area contributed by atoms with E-state index in [0.717, 1.165) is 25.3 Å². The predicted molar refractivity (Wildman–Crippen MR) is 145 cm³/mol. The van der Waals surface area contributed by atoms with Crippen LogP contribution in [0.2, 0.25) is 0 Å². The first-order valence-corrected chi connectivity index (χ1v) is 12.3. The Balaban J connectivity index is 1.55. The van der Waals surface area contributed by atoms with Crippen LogP contribution in [0.25, 0.3) is 10.9 Å². The summed E-state index contributed by atoms with van der Waals surface area (Å²) >= 11 is 0. The second kappa shape index (κ2) is 8.99. The highest BCUT2D eigenvalue weighted by Crippen LogP contribution is 2.43. The molecule has 4 aromatic carbocycles. The van der Waals surface area contributed by atoms with E-state index in [4.69, 9.17) is 4.74 Å². The van der Waals surface area contributed by atoms with Gasteiger partial charge in [0.1, 0.15) is 5.75 Å². The number of rotatable bonds is 5. The van der Waals surface area contributed by atoms with Crippen molar-refractivity contribution in [3.05, 3.63) is 131 Å². The molecule has 0 aliphatic carbocycles. The van der Waals surface area contributed by atoms with E-state index < -0.39 is 0 Å². The van der Waals surface area contributed by atoms with E-state index in [9.17, 15) is 0 Å². The van der Waals surface area contributed by atoms with Gasteiger partial charge in [-0.05, 0) is 48.4 Å².